The Morgan fingerprint density at radius 1 is 1.22 bits per heavy atom. The first kappa shape index (κ1) is 19.9. The van der Waals surface area contributed by atoms with E-state index in [1.165, 1.54) is 13.2 Å². The largest absolute Gasteiger partial charge is 0.497 e. The molecule has 150 valence electrons. The second-order valence-corrected chi connectivity index (χ2v) is 7.55. The highest BCUT2D eigenvalue weighted by molar-refractivity contribution is 5.89. The van der Waals surface area contributed by atoms with Crippen LogP contribution in [-0.2, 0) is 0 Å². The van der Waals surface area contributed by atoms with Crippen LogP contribution in [0.3, 0.4) is 0 Å². The summed E-state index contributed by atoms with van der Waals surface area (Å²) in [6.45, 7) is 6.13. The van der Waals surface area contributed by atoms with Gasteiger partial charge in [-0.1, -0.05) is 0 Å². The fourth-order valence-corrected chi connectivity index (χ4v) is 3.88. The maximum Gasteiger partial charge on any atom is 0.322 e. The lowest BCUT2D eigenvalue weighted by atomic mass is 9.99. The normalized spacial score (nSPS) is 21.9. The Morgan fingerprint density at radius 3 is 2.70 bits per heavy atom. The Bertz CT molecular complexity index is 634. The monoisotopic (exact) mass is 378 g/mol. The summed E-state index contributed by atoms with van der Waals surface area (Å²) in [5.41, 5.74) is 0.198. The van der Waals surface area contributed by atoms with Crippen molar-refractivity contribution in [3.8, 4) is 5.75 Å². The third-order valence-corrected chi connectivity index (χ3v) is 5.68. The highest BCUT2D eigenvalue weighted by Crippen LogP contribution is 2.24. The SMILES string of the molecule is COc1ccc(NC(=O)N2CCCC[C@@H]2CCN2CCN(C)CC2)c(F)c1. The van der Waals surface area contributed by atoms with E-state index >= 15 is 0 Å². The molecule has 7 heteroatoms. The fraction of sp³-hybridized carbons (Fsp3) is 0.650. The van der Waals surface area contributed by atoms with E-state index < -0.39 is 5.82 Å². The van der Waals surface area contributed by atoms with Crippen LogP contribution in [0.2, 0.25) is 0 Å². The molecule has 2 aliphatic heterocycles. The van der Waals surface area contributed by atoms with Crippen LogP contribution in [0.4, 0.5) is 14.9 Å². The molecule has 0 aliphatic carbocycles. The smallest absolute Gasteiger partial charge is 0.322 e. The molecule has 27 heavy (non-hydrogen) atoms. The third kappa shape index (κ3) is 5.32. The molecule has 0 aromatic heterocycles. The van der Waals surface area contributed by atoms with Crippen LogP contribution in [0.25, 0.3) is 0 Å². The van der Waals surface area contributed by atoms with Crippen LogP contribution in [0.1, 0.15) is 25.7 Å². The molecule has 3 rings (SSSR count). The number of amides is 2. The Morgan fingerprint density at radius 2 is 2.00 bits per heavy atom. The fourth-order valence-electron chi connectivity index (χ4n) is 3.88. The van der Waals surface area contributed by atoms with E-state index in [0.717, 1.165) is 65.0 Å². The van der Waals surface area contributed by atoms with E-state index in [4.69, 9.17) is 4.74 Å². The zero-order valence-corrected chi connectivity index (χ0v) is 16.4. The molecule has 0 unspecified atom stereocenters. The minimum Gasteiger partial charge on any atom is -0.497 e. The number of carbonyl (C=O) groups is 1. The molecular formula is C20H31FN4O2. The number of carbonyl (C=O) groups excluding carboxylic acids is 1. The van der Waals surface area contributed by atoms with Crippen LogP contribution in [0.5, 0.6) is 5.75 Å². The van der Waals surface area contributed by atoms with Crippen molar-refractivity contribution in [2.75, 3.05) is 58.7 Å². The highest BCUT2D eigenvalue weighted by atomic mass is 19.1. The molecule has 1 atom stereocenters. The molecule has 0 saturated carbocycles. The van der Waals surface area contributed by atoms with Gasteiger partial charge in [-0.25, -0.2) is 9.18 Å². The molecule has 1 N–H and O–H groups in total. The summed E-state index contributed by atoms with van der Waals surface area (Å²) in [5.74, 6) is -0.0396. The number of urea groups is 1. The van der Waals surface area contributed by atoms with Crippen molar-refractivity contribution < 1.29 is 13.9 Å². The minimum atomic E-state index is -0.478. The predicted molar refractivity (Wildman–Crippen MR) is 105 cm³/mol. The van der Waals surface area contributed by atoms with Gasteiger partial charge in [-0.15, -0.1) is 0 Å². The van der Waals surface area contributed by atoms with Gasteiger partial charge < -0.3 is 24.8 Å². The number of rotatable bonds is 5. The van der Waals surface area contributed by atoms with Gasteiger partial charge in [0, 0.05) is 51.4 Å². The van der Waals surface area contributed by atoms with Crippen LogP contribution < -0.4 is 10.1 Å². The number of methoxy groups -OCH3 is 1. The summed E-state index contributed by atoms with van der Waals surface area (Å²) in [6, 6.07) is 4.51. The number of likely N-dealkylation sites (N-methyl/N-ethyl adjacent to an activating group) is 1. The van der Waals surface area contributed by atoms with E-state index in [1.54, 1.807) is 12.1 Å². The number of halogens is 1. The van der Waals surface area contributed by atoms with Crippen LogP contribution in [0, 0.1) is 5.82 Å². The minimum absolute atomic E-state index is 0.198. The maximum absolute atomic E-state index is 14.2. The summed E-state index contributed by atoms with van der Waals surface area (Å²) >= 11 is 0. The van der Waals surface area contributed by atoms with Crippen molar-refractivity contribution in [2.24, 2.45) is 0 Å². The van der Waals surface area contributed by atoms with Crippen molar-refractivity contribution in [3.05, 3.63) is 24.0 Å². The number of piperidine rings is 1. The second-order valence-electron chi connectivity index (χ2n) is 7.55. The Labute approximate surface area is 161 Å². The summed E-state index contributed by atoms with van der Waals surface area (Å²) in [7, 11) is 3.65. The van der Waals surface area contributed by atoms with Crippen molar-refractivity contribution in [1.82, 2.24) is 14.7 Å². The maximum atomic E-state index is 14.2. The van der Waals surface area contributed by atoms with Gasteiger partial charge in [-0.2, -0.15) is 0 Å². The zero-order valence-electron chi connectivity index (χ0n) is 16.4. The summed E-state index contributed by atoms with van der Waals surface area (Å²) in [6.07, 6.45) is 4.14. The molecule has 1 aromatic rings. The first-order valence-electron chi connectivity index (χ1n) is 9.89. The zero-order chi connectivity index (χ0) is 19.2. The summed E-state index contributed by atoms with van der Waals surface area (Å²) in [4.78, 5) is 19.5. The lowest BCUT2D eigenvalue weighted by Crippen LogP contribution is -2.49. The standard InChI is InChI=1S/C20H31FN4O2/c1-23-11-13-24(14-12-23)10-8-16-5-3-4-9-25(16)20(26)22-19-7-6-17(27-2)15-18(19)21/h6-7,15-16H,3-5,8-14H2,1-2H3,(H,22,26)/t16-/m1/s1. The average Bonchev–Trinajstić information content (AvgIpc) is 2.69. The van der Waals surface area contributed by atoms with E-state index in [2.05, 4.69) is 22.2 Å². The summed E-state index contributed by atoms with van der Waals surface area (Å²) < 4.78 is 19.2. The van der Waals surface area contributed by atoms with Crippen molar-refractivity contribution in [3.63, 3.8) is 0 Å². The number of hydrogen-bond acceptors (Lipinski definition) is 4. The molecule has 2 saturated heterocycles. The van der Waals surface area contributed by atoms with Gasteiger partial charge in [0.05, 0.1) is 12.8 Å². The van der Waals surface area contributed by atoms with Gasteiger partial charge in [-0.05, 0) is 44.9 Å². The quantitative estimate of drug-likeness (QED) is 0.856. The van der Waals surface area contributed by atoms with Gasteiger partial charge in [0.1, 0.15) is 11.6 Å². The number of nitrogens with one attached hydrogen (secondary N) is 1. The number of ether oxygens (including phenoxy) is 1. The van der Waals surface area contributed by atoms with Gasteiger partial charge in [0.2, 0.25) is 0 Å². The van der Waals surface area contributed by atoms with Gasteiger partial charge in [0.15, 0.2) is 0 Å². The Balaban J connectivity index is 1.56. The predicted octanol–water partition coefficient (Wildman–Crippen LogP) is 2.86. The molecule has 2 aliphatic rings. The van der Waals surface area contributed by atoms with E-state index in [9.17, 15) is 9.18 Å². The van der Waals surface area contributed by atoms with Crippen LogP contribution >= 0.6 is 0 Å². The molecule has 2 fully saturated rings. The van der Waals surface area contributed by atoms with Crippen molar-refractivity contribution in [1.29, 1.82) is 0 Å². The van der Waals surface area contributed by atoms with Crippen molar-refractivity contribution in [2.45, 2.75) is 31.7 Å². The first-order valence-corrected chi connectivity index (χ1v) is 9.89. The van der Waals surface area contributed by atoms with E-state index in [1.807, 2.05) is 4.90 Å². The van der Waals surface area contributed by atoms with Crippen molar-refractivity contribution >= 4 is 11.7 Å². The Hall–Kier alpha value is -1.86. The topological polar surface area (TPSA) is 48.1 Å². The number of hydrogen-bond donors (Lipinski definition) is 1. The van der Waals surface area contributed by atoms with Gasteiger partial charge in [0.25, 0.3) is 0 Å². The molecule has 0 radical (unpaired) electrons. The van der Waals surface area contributed by atoms with Gasteiger partial charge in [-0.3, -0.25) is 0 Å². The molecule has 6 nitrogen and oxygen atoms in total. The number of piperazine rings is 1. The van der Waals surface area contributed by atoms with Crippen LogP contribution in [-0.4, -0.2) is 80.2 Å². The highest BCUT2D eigenvalue weighted by Gasteiger charge is 2.28. The Kier molecular flexibility index (Phi) is 6.90. The van der Waals surface area contributed by atoms with Crippen LogP contribution in [0.15, 0.2) is 18.2 Å². The second kappa shape index (κ2) is 9.37. The third-order valence-electron chi connectivity index (χ3n) is 5.68. The number of nitrogens with zero attached hydrogens (tertiary/aromatic N) is 3. The van der Waals surface area contributed by atoms with E-state index in [0.29, 0.717) is 5.75 Å². The number of likely N-dealkylation sites (tertiary alicyclic amines) is 1. The molecule has 2 heterocycles. The molecule has 1 aromatic carbocycles. The lowest BCUT2D eigenvalue weighted by molar-refractivity contribution is 0.122. The van der Waals surface area contributed by atoms with Gasteiger partial charge >= 0.3 is 6.03 Å². The summed E-state index contributed by atoms with van der Waals surface area (Å²) in [5, 5.41) is 2.74. The first-order chi connectivity index (χ1) is 13.1. The molecular weight excluding hydrogens is 347 g/mol. The molecule has 2 amide bonds. The number of benzene rings is 1. The lowest BCUT2D eigenvalue weighted by Gasteiger charge is -2.38. The average molecular weight is 378 g/mol. The number of anilines is 1. The molecule has 0 bridgehead atoms. The molecule has 0 spiro atoms. The van der Waals surface area contributed by atoms with E-state index in [-0.39, 0.29) is 17.8 Å².